The lowest BCUT2D eigenvalue weighted by Gasteiger charge is -2.41. The maximum absolute atomic E-state index is 12.8. The summed E-state index contributed by atoms with van der Waals surface area (Å²) in [5, 5.41) is 0.619. The number of hydrogen-bond acceptors (Lipinski definition) is 2. The van der Waals surface area contributed by atoms with E-state index in [2.05, 4.69) is 0 Å². The van der Waals surface area contributed by atoms with E-state index in [1.807, 2.05) is 18.7 Å². The molecule has 2 aliphatic heterocycles. The van der Waals surface area contributed by atoms with Crippen molar-refractivity contribution in [2.24, 2.45) is 0 Å². The number of amides is 2. The summed E-state index contributed by atoms with van der Waals surface area (Å²) in [5.74, 6) is 0.000262. The molecule has 5 heteroatoms. The summed E-state index contributed by atoms with van der Waals surface area (Å²) >= 11 is 5.95. The number of rotatable bonds is 1. The first-order valence-corrected chi connectivity index (χ1v) is 7.74. The highest BCUT2D eigenvalue weighted by molar-refractivity contribution is 6.30. The molecule has 4 nitrogen and oxygen atoms in total. The number of aryl methyl sites for hydroxylation is 1. The first kappa shape index (κ1) is 14.4. The fraction of sp³-hybridized carbons (Fsp3) is 0.500. The number of piperazine rings is 1. The minimum atomic E-state index is -0.387. The molecule has 2 fully saturated rings. The lowest BCUT2D eigenvalue weighted by Crippen LogP contribution is -2.60. The smallest absolute Gasteiger partial charge is 0.254 e. The van der Waals surface area contributed by atoms with Gasteiger partial charge in [-0.2, -0.15) is 0 Å². The molecule has 112 valence electrons. The van der Waals surface area contributed by atoms with Crippen LogP contribution in [0.25, 0.3) is 0 Å². The Morgan fingerprint density at radius 2 is 2.14 bits per heavy atom. The van der Waals surface area contributed by atoms with Crippen molar-refractivity contribution in [2.75, 3.05) is 13.1 Å². The third-order valence-corrected chi connectivity index (χ3v) is 4.81. The van der Waals surface area contributed by atoms with Gasteiger partial charge >= 0.3 is 0 Å². The average Bonchev–Trinajstić information content (AvgIpc) is 2.90. The maximum atomic E-state index is 12.8. The molecule has 0 aromatic heterocycles. The molecule has 0 bridgehead atoms. The zero-order valence-corrected chi connectivity index (χ0v) is 13.1. The molecule has 2 atom stereocenters. The largest absolute Gasteiger partial charge is 0.336 e. The van der Waals surface area contributed by atoms with Crippen molar-refractivity contribution in [3.63, 3.8) is 0 Å². The van der Waals surface area contributed by atoms with Gasteiger partial charge in [-0.3, -0.25) is 9.59 Å². The van der Waals surface area contributed by atoms with Crippen LogP contribution in [0, 0.1) is 6.92 Å². The molecule has 1 aromatic rings. The second kappa shape index (κ2) is 5.34. The molecule has 0 unspecified atom stereocenters. The monoisotopic (exact) mass is 306 g/mol. The molecular weight excluding hydrogens is 288 g/mol. The van der Waals surface area contributed by atoms with Crippen molar-refractivity contribution in [3.8, 4) is 0 Å². The van der Waals surface area contributed by atoms with E-state index in [4.69, 9.17) is 11.6 Å². The summed E-state index contributed by atoms with van der Waals surface area (Å²) in [4.78, 5) is 28.8. The Bertz CT molecular complexity index is 602. The molecule has 0 spiro atoms. The molecule has 0 saturated carbocycles. The summed E-state index contributed by atoms with van der Waals surface area (Å²) in [5.41, 5.74) is 1.48. The van der Waals surface area contributed by atoms with Crippen LogP contribution < -0.4 is 0 Å². The highest BCUT2D eigenvalue weighted by atomic mass is 35.5. The van der Waals surface area contributed by atoms with Crippen LogP contribution in [0.2, 0.25) is 5.02 Å². The van der Waals surface area contributed by atoms with Crippen LogP contribution >= 0.6 is 11.6 Å². The van der Waals surface area contributed by atoms with Gasteiger partial charge in [0.25, 0.3) is 5.91 Å². The van der Waals surface area contributed by atoms with Gasteiger partial charge in [-0.1, -0.05) is 11.6 Å². The van der Waals surface area contributed by atoms with Gasteiger partial charge in [0.05, 0.1) is 0 Å². The molecule has 0 N–H and O–H groups in total. The van der Waals surface area contributed by atoms with Crippen LogP contribution in [0.15, 0.2) is 18.2 Å². The third-order valence-electron chi connectivity index (χ3n) is 4.57. The van der Waals surface area contributed by atoms with Crippen molar-refractivity contribution in [2.45, 2.75) is 38.8 Å². The van der Waals surface area contributed by atoms with Gasteiger partial charge in [0.15, 0.2) is 0 Å². The molecular formula is C16H19ClN2O2. The van der Waals surface area contributed by atoms with Crippen LogP contribution in [-0.4, -0.2) is 46.8 Å². The number of nitrogens with zero attached hydrogens (tertiary/aromatic N) is 2. The highest BCUT2D eigenvalue weighted by Crippen LogP contribution is 2.27. The van der Waals surface area contributed by atoms with Crippen molar-refractivity contribution in [3.05, 3.63) is 34.3 Å². The molecule has 0 aliphatic carbocycles. The summed E-state index contributed by atoms with van der Waals surface area (Å²) in [6.45, 7) is 5.15. The van der Waals surface area contributed by atoms with Crippen LogP contribution in [0.1, 0.15) is 35.7 Å². The van der Waals surface area contributed by atoms with Crippen LogP contribution in [-0.2, 0) is 4.79 Å². The fourth-order valence-electron chi connectivity index (χ4n) is 3.35. The highest BCUT2D eigenvalue weighted by Gasteiger charge is 2.42. The average molecular weight is 307 g/mol. The normalized spacial score (nSPS) is 25.2. The van der Waals surface area contributed by atoms with Crippen LogP contribution in [0.3, 0.4) is 0 Å². The summed E-state index contributed by atoms with van der Waals surface area (Å²) in [7, 11) is 0. The summed E-state index contributed by atoms with van der Waals surface area (Å²) in [6.07, 6.45) is 2.02. The number of benzene rings is 1. The zero-order valence-electron chi connectivity index (χ0n) is 12.3. The standard InChI is InChI=1S/C16H19ClN2O2/c1-10-8-12(17)5-6-14(10)16(21)19-9-13-4-3-7-18(13)15(20)11(19)2/h5-6,8,11,13H,3-4,7,9H2,1-2H3/t11-,13-/m0/s1. The topological polar surface area (TPSA) is 40.6 Å². The fourth-order valence-corrected chi connectivity index (χ4v) is 3.58. The van der Waals surface area contributed by atoms with Crippen molar-refractivity contribution in [1.82, 2.24) is 9.80 Å². The Morgan fingerprint density at radius 3 is 2.86 bits per heavy atom. The van der Waals surface area contributed by atoms with E-state index in [0.29, 0.717) is 17.1 Å². The van der Waals surface area contributed by atoms with E-state index in [-0.39, 0.29) is 23.9 Å². The Hall–Kier alpha value is -1.55. The van der Waals surface area contributed by atoms with E-state index in [1.54, 1.807) is 23.1 Å². The first-order valence-electron chi connectivity index (χ1n) is 7.36. The molecule has 2 saturated heterocycles. The Morgan fingerprint density at radius 1 is 1.38 bits per heavy atom. The molecule has 1 aromatic carbocycles. The second-order valence-electron chi connectivity index (χ2n) is 5.92. The molecule has 2 heterocycles. The lowest BCUT2D eigenvalue weighted by atomic mass is 10.0. The molecule has 2 aliphatic rings. The van der Waals surface area contributed by atoms with E-state index in [9.17, 15) is 9.59 Å². The summed E-state index contributed by atoms with van der Waals surface area (Å²) in [6, 6.07) is 5.05. The van der Waals surface area contributed by atoms with E-state index in [0.717, 1.165) is 24.9 Å². The molecule has 2 amide bonds. The van der Waals surface area contributed by atoms with Crippen LogP contribution in [0.4, 0.5) is 0 Å². The Balaban J connectivity index is 1.88. The number of hydrogen-bond donors (Lipinski definition) is 0. The van der Waals surface area contributed by atoms with Gasteiger partial charge in [-0.25, -0.2) is 0 Å². The van der Waals surface area contributed by atoms with E-state index >= 15 is 0 Å². The van der Waals surface area contributed by atoms with Gasteiger partial charge in [-0.05, 0) is 50.5 Å². The first-order chi connectivity index (χ1) is 9.99. The van der Waals surface area contributed by atoms with Gasteiger partial charge < -0.3 is 9.80 Å². The summed E-state index contributed by atoms with van der Waals surface area (Å²) < 4.78 is 0. The Labute approximate surface area is 129 Å². The van der Waals surface area contributed by atoms with Crippen molar-refractivity contribution < 1.29 is 9.59 Å². The zero-order chi connectivity index (χ0) is 15.1. The molecule has 21 heavy (non-hydrogen) atoms. The number of fused-ring (bicyclic) bond motifs is 1. The SMILES string of the molecule is Cc1cc(Cl)ccc1C(=O)N1C[C@@H]2CCCN2C(=O)[C@@H]1C. The number of halogens is 1. The Kier molecular flexibility index (Phi) is 3.66. The van der Waals surface area contributed by atoms with E-state index in [1.165, 1.54) is 0 Å². The number of carbonyl (C=O) groups is 2. The number of carbonyl (C=O) groups excluding carboxylic acids is 2. The third kappa shape index (κ3) is 2.42. The van der Waals surface area contributed by atoms with Gasteiger partial charge in [0, 0.05) is 29.7 Å². The molecule has 3 rings (SSSR count). The van der Waals surface area contributed by atoms with E-state index < -0.39 is 0 Å². The van der Waals surface area contributed by atoms with Gasteiger partial charge in [0.1, 0.15) is 6.04 Å². The predicted octanol–water partition coefficient (Wildman–Crippen LogP) is 2.48. The van der Waals surface area contributed by atoms with Crippen molar-refractivity contribution >= 4 is 23.4 Å². The van der Waals surface area contributed by atoms with Gasteiger partial charge in [0.2, 0.25) is 5.91 Å². The minimum Gasteiger partial charge on any atom is -0.336 e. The minimum absolute atomic E-state index is 0.0726. The lowest BCUT2D eigenvalue weighted by molar-refractivity contribution is -0.141. The quantitative estimate of drug-likeness (QED) is 0.800. The predicted molar refractivity (Wildman–Crippen MR) is 81.4 cm³/mol. The van der Waals surface area contributed by atoms with Gasteiger partial charge in [-0.15, -0.1) is 0 Å². The van der Waals surface area contributed by atoms with Crippen LogP contribution in [0.5, 0.6) is 0 Å². The maximum Gasteiger partial charge on any atom is 0.254 e. The second-order valence-corrected chi connectivity index (χ2v) is 6.36. The molecule has 0 radical (unpaired) electrons. The van der Waals surface area contributed by atoms with Crippen molar-refractivity contribution in [1.29, 1.82) is 0 Å².